The second-order valence-electron chi connectivity index (χ2n) is 4.16. The Morgan fingerprint density at radius 3 is 2.62 bits per heavy atom. The first-order valence-corrected chi connectivity index (χ1v) is 6.94. The third kappa shape index (κ3) is 4.34. The van der Waals surface area contributed by atoms with Crippen molar-refractivity contribution in [1.29, 1.82) is 0 Å². The first-order valence-electron chi connectivity index (χ1n) is 6.18. The molecule has 1 amide bonds. The van der Waals surface area contributed by atoms with Gasteiger partial charge in [0, 0.05) is 5.56 Å². The van der Waals surface area contributed by atoms with Crippen LogP contribution in [0.25, 0.3) is 0 Å². The van der Waals surface area contributed by atoms with Crippen molar-refractivity contribution in [2.45, 2.75) is 0 Å². The summed E-state index contributed by atoms with van der Waals surface area (Å²) in [6.45, 7) is 0.404. The molecule has 0 radical (unpaired) electrons. The molecule has 0 aromatic heterocycles. The molecule has 2 aromatic carbocycles. The fourth-order valence-electron chi connectivity index (χ4n) is 1.63. The lowest BCUT2D eigenvalue weighted by Crippen LogP contribution is -2.28. The molecule has 0 aliphatic rings. The molecule has 0 saturated carbocycles. The van der Waals surface area contributed by atoms with Gasteiger partial charge in [0.2, 0.25) is 0 Å². The Labute approximate surface area is 131 Å². The van der Waals surface area contributed by atoms with Gasteiger partial charge in [-0.3, -0.25) is 4.79 Å². The number of hydrogen-bond acceptors (Lipinski definition) is 2. The van der Waals surface area contributed by atoms with Gasteiger partial charge in [-0.25, -0.2) is 4.39 Å². The number of amides is 1. The van der Waals surface area contributed by atoms with Crippen molar-refractivity contribution in [2.75, 3.05) is 13.2 Å². The average molecular weight is 328 g/mol. The normalized spacial score (nSPS) is 10.2. The standard InChI is InChI=1S/C15H12Cl2FNO2/c16-11-6-5-10(9-12(11)17)15(20)19-7-8-21-14-4-2-1-3-13(14)18/h1-6,9H,7-8H2,(H,19,20). The molecule has 0 saturated heterocycles. The highest BCUT2D eigenvalue weighted by molar-refractivity contribution is 6.42. The monoisotopic (exact) mass is 327 g/mol. The van der Waals surface area contributed by atoms with Gasteiger partial charge < -0.3 is 10.1 Å². The first kappa shape index (κ1) is 15.6. The summed E-state index contributed by atoms with van der Waals surface area (Å²) in [6.07, 6.45) is 0. The minimum absolute atomic E-state index is 0.154. The molecule has 0 unspecified atom stereocenters. The summed E-state index contributed by atoms with van der Waals surface area (Å²) in [5.41, 5.74) is 0.398. The molecule has 0 bridgehead atoms. The van der Waals surface area contributed by atoms with Crippen molar-refractivity contribution < 1.29 is 13.9 Å². The smallest absolute Gasteiger partial charge is 0.251 e. The number of rotatable bonds is 5. The molecule has 6 heteroatoms. The zero-order valence-electron chi connectivity index (χ0n) is 10.9. The first-order chi connectivity index (χ1) is 10.1. The quantitative estimate of drug-likeness (QED) is 0.844. The maximum absolute atomic E-state index is 13.3. The van der Waals surface area contributed by atoms with Gasteiger partial charge in [-0.1, -0.05) is 35.3 Å². The van der Waals surface area contributed by atoms with Crippen molar-refractivity contribution in [1.82, 2.24) is 5.32 Å². The van der Waals surface area contributed by atoms with Crippen LogP contribution in [0.5, 0.6) is 5.75 Å². The van der Waals surface area contributed by atoms with E-state index < -0.39 is 5.82 Å². The summed E-state index contributed by atoms with van der Waals surface area (Å²) in [7, 11) is 0. The van der Waals surface area contributed by atoms with E-state index in [9.17, 15) is 9.18 Å². The number of para-hydroxylation sites is 1. The lowest BCUT2D eigenvalue weighted by Gasteiger charge is -2.08. The Kier molecular flexibility index (Phi) is 5.42. The van der Waals surface area contributed by atoms with Gasteiger partial charge in [-0.15, -0.1) is 0 Å². The Morgan fingerprint density at radius 1 is 1.14 bits per heavy atom. The van der Waals surface area contributed by atoms with Crippen molar-refractivity contribution in [2.24, 2.45) is 0 Å². The minimum atomic E-state index is -0.437. The van der Waals surface area contributed by atoms with Crippen LogP contribution in [0.4, 0.5) is 4.39 Å². The molecule has 0 fully saturated rings. The predicted octanol–water partition coefficient (Wildman–Crippen LogP) is 3.94. The fourth-order valence-corrected chi connectivity index (χ4v) is 1.92. The van der Waals surface area contributed by atoms with Gasteiger partial charge in [0.1, 0.15) is 6.61 Å². The highest BCUT2D eigenvalue weighted by Crippen LogP contribution is 2.22. The molecule has 1 N–H and O–H groups in total. The Bertz CT molecular complexity index is 649. The van der Waals surface area contributed by atoms with E-state index in [0.29, 0.717) is 15.6 Å². The zero-order chi connectivity index (χ0) is 15.2. The van der Waals surface area contributed by atoms with E-state index in [2.05, 4.69) is 5.32 Å². The molecule has 0 spiro atoms. The van der Waals surface area contributed by atoms with Crippen LogP contribution in [0.15, 0.2) is 42.5 Å². The molecule has 0 aliphatic carbocycles. The molecular weight excluding hydrogens is 316 g/mol. The Morgan fingerprint density at radius 2 is 1.90 bits per heavy atom. The van der Waals surface area contributed by atoms with Crippen LogP contribution < -0.4 is 10.1 Å². The molecule has 2 aromatic rings. The Hall–Kier alpha value is -1.78. The van der Waals surface area contributed by atoms with Crippen LogP contribution in [-0.4, -0.2) is 19.1 Å². The predicted molar refractivity (Wildman–Crippen MR) is 80.7 cm³/mol. The van der Waals surface area contributed by atoms with Crippen LogP contribution in [0.1, 0.15) is 10.4 Å². The molecule has 110 valence electrons. The molecule has 0 heterocycles. The SMILES string of the molecule is O=C(NCCOc1ccccc1F)c1ccc(Cl)c(Cl)c1. The molecule has 3 nitrogen and oxygen atoms in total. The topological polar surface area (TPSA) is 38.3 Å². The summed E-state index contributed by atoms with van der Waals surface area (Å²) in [4.78, 5) is 11.8. The van der Waals surface area contributed by atoms with Crippen molar-refractivity contribution in [3.8, 4) is 5.75 Å². The van der Waals surface area contributed by atoms with Crippen LogP contribution in [0.2, 0.25) is 10.0 Å². The van der Waals surface area contributed by atoms with E-state index in [4.69, 9.17) is 27.9 Å². The number of halogens is 3. The highest BCUT2D eigenvalue weighted by atomic mass is 35.5. The van der Waals surface area contributed by atoms with Crippen LogP contribution in [-0.2, 0) is 0 Å². The number of carbonyl (C=O) groups excluding carboxylic acids is 1. The molecule has 21 heavy (non-hydrogen) atoms. The summed E-state index contributed by atoms with van der Waals surface area (Å²) in [6, 6.07) is 10.7. The second-order valence-corrected chi connectivity index (χ2v) is 4.98. The average Bonchev–Trinajstić information content (AvgIpc) is 2.48. The van der Waals surface area contributed by atoms with Gasteiger partial charge in [0.05, 0.1) is 16.6 Å². The van der Waals surface area contributed by atoms with Gasteiger partial charge in [-0.05, 0) is 30.3 Å². The Balaban J connectivity index is 1.82. The summed E-state index contributed by atoms with van der Waals surface area (Å²) in [5.74, 6) is -0.583. The van der Waals surface area contributed by atoms with Crippen molar-refractivity contribution in [3.63, 3.8) is 0 Å². The number of ether oxygens (including phenoxy) is 1. The number of nitrogens with one attached hydrogen (secondary N) is 1. The van der Waals surface area contributed by atoms with E-state index in [1.54, 1.807) is 24.3 Å². The molecule has 2 rings (SSSR count). The zero-order valence-corrected chi connectivity index (χ0v) is 12.4. The second kappa shape index (κ2) is 7.29. The maximum Gasteiger partial charge on any atom is 0.251 e. The minimum Gasteiger partial charge on any atom is -0.489 e. The summed E-state index contributed by atoms with van der Waals surface area (Å²) >= 11 is 11.6. The largest absolute Gasteiger partial charge is 0.489 e. The molecule has 0 aliphatic heterocycles. The van der Waals surface area contributed by atoms with Gasteiger partial charge in [-0.2, -0.15) is 0 Å². The summed E-state index contributed by atoms with van der Waals surface area (Å²) < 4.78 is 18.5. The number of benzene rings is 2. The molecular formula is C15H12Cl2FNO2. The number of hydrogen-bond donors (Lipinski definition) is 1. The number of carbonyl (C=O) groups is 1. The maximum atomic E-state index is 13.3. The van der Waals surface area contributed by atoms with Gasteiger partial charge >= 0.3 is 0 Å². The lowest BCUT2D eigenvalue weighted by molar-refractivity contribution is 0.0946. The third-order valence-electron chi connectivity index (χ3n) is 2.66. The van der Waals surface area contributed by atoms with Crippen LogP contribution in [0, 0.1) is 5.82 Å². The van der Waals surface area contributed by atoms with Crippen molar-refractivity contribution >= 4 is 29.1 Å². The highest BCUT2D eigenvalue weighted by Gasteiger charge is 2.08. The van der Waals surface area contributed by atoms with E-state index in [-0.39, 0.29) is 24.8 Å². The fraction of sp³-hybridized carbons (Fsp3) is 0.133. The van der Waals surface area contributed by atoms with Gasteiger partial charge in [0.25, 0.3) is 5.91 Å². The summed E-state index contributed by atoms with van der Waals surface area (Å²) in [5, 5.41) is 3.34. The van der Waals surface area contributed by atoms with Crippen LogP contribution >= 0.6 is 23.2 Å². The van der Waals surface area contributed by atoms with Crippen molar-refractivity contribution in [3.05, 3.63) is 63.9 Å². The van der Waals surface area contributed by atoms with E-state index in [1.807, 2.05) is 0 Å². The van der Waals surface area contributed by atoms with Gasteiger partial charge in [0.15, 0.2) is 11.6 Å². The van der Waals surface area contributed by atoms with Crippen LogP contribution in [0.3, 0.4) is 0 Å². The third-order valence-corrected chi connectivity index (χ3v) is 3.40. The van der Waals surface area contributed by atoms with E-state index in [1.165, 1.54) is 18.2 Å². The lowest BCUT2D eigenvalue weighted by atomic mass is 10.2. The van der Waals surface area contributed by atoms with E-state index in [0.717, 1.165) is 0 Å². The molecule has 0 atom stereocenters. The van der Waals surface area contributed by atoms with E-state index >= 15 is 0 Å².